The third-order valence-electron chi connectivity index (χ3n) is 5.62. The van der Waals surface area contributed by atoms with Gasteiger partial charge in [-0.1, -0.05) is 60.7 Å². The second-order valence-corrected chi connectivity index (χ2v) is 7.43. The number of nitrogens with zero attached hydrogens (tertiary/aromatic N) is 1. The number of rotatable bonds is 6. The average Bonchev–Trinajstić information content (AvgIpc) is 2.75. The van der Waals surface area contributed by atoms with Crippen molar-refractivity contribution in [3.63, 3.8) is 0 Å². The molecule has 3 rings (SSSR count). The van der Waals surface area contributed by atoms with Gasteiger partial charge in [0.05, 0.1) is 12.5 Å². The van der Waals surface area contributed by atoms with Crippen LogP contribution in [-0.2, 0) is 26.3 Å². The molecule has 1 unspecified atom stereocenters. The van der Waals surface area contributed by atoms with Crippen LogP contribution in [-0.4, -0.2) is 43.0 Å². The third-order valence-corrected chi connectivity index (χ3v) is 5.62. The van der Waals surface area contributed by atoms with Crippen LogP contribution < -0.4 is 5.32 Å². The predicted octanol–water partition coefficient (Wildman–Crippen LogP) is 2.90. The second kappa shape index (κ2) is 9.02. The smallest absolute Gasteiger partial charge is 0.328 e. The molecule has 1 amide bonds. The highest BCUT2D eigenvalue weighted by Gasteiger charge is 2.43. The molecular weight excluding hydrogens is 352 g/mol. The molecular formula is C23H28N2O3. The Hall–Kier alpha value is -2.66. The van der Waals surface area contributed by atoms with Crippen molar-refractivity contribution in [2.75, 3.05) is 20.2 Å². The molecule has 1 heterocycles. The highest BCUT2D eigenvalue weighted by atomic mass is 16.5. The van der Waals surface area contributed by atoms with Gasteiger partial charge in [-0.3, -0.25) is 9.69 Å². The number of nitrogens with one attached hydrogen (secondary N) is 1. The van der Waals surface area contributed by atoms with Crippen LogP contribution in [0.5, 0.6) is 0 Å². The number of carbonyl (C=O) groups is 2. The maximum atomic E-state index is 13.3. The van der Waals surface area contributed by atoms with Gasteiger partial charge in [0.15, 0.2) is 0 Å². The number of methoxy groups -OCH3 is 1. The van der Waals surface area contributed by atoms with E-state index < -0.39 is 17.4 Å². The lowest BCUT2D eigenvalue weighted by Gasteiger charge is -2.41. The first kappa shape index (κ1) is 20.1. The van der Waals surface area contributed by atoms with Gasteiger partial charge in [-0.25, -0.2) is 4.79 Å². The fraction of sp³-hybridized carbons (Fsp3) is 0.391. The van der Waals surface area contributed by atoms with E-state index in [4.69, 9.17) is 4.74 Å². The number of amides is 1. The zero-order valence-corrected chi connectivity index (χ0v) is 16.6. The molecule has 0 bridgehead atoms. The van der Waals surface area contributed by atoms with Crippen molar-refractivity contribution in [3.8, 4) is 0 Å². The van der Waals surface area contributed by atoms with Gasteiger partial charge in [0.25, 0.3) is 0 Å². The van der Waals surface area contributed by atoms with Crippen LogP contribution in [0, 0.1) is 0 Å². The fourth-order valence-electron chi connectivity index (χ4n) is 3.91. The molecule has 2 aromatic rings. The highest BCUT2D eigenvalue weighted by molar-refractivity contribution is 5.91. The molecule has 5 nitrogen and oxygen atoms in total. The Kier molecular flexibility index (Phi) is 6.47. The van der Waals surface area contributed by atoms with Crippen LogP contribution in [0.4, 0.5) is 0 Å². The summed E-state index contributed by atoms with van der Waals surface area (Å²) in [7, 11) is 1.33. The fourth-order valence-corrected chi connectivity index (χ4v) is 3.91. The van der Waals surface area contributed by atoms with Crippen LogP contribution in [0.15, 0.2) is 60.7 Å². The van der Waals surface area contributed by atoms with Gasteiger partial charge in [0.1, 0.15) is 6.04 Å². The van der Waals surface area contributed by atoms with Crippen molar-refractivity contribution < 1.29 is 14.3 Å². The van der Waals surface area contributed by atoms with E-state index in [0.29, 0.717) is 12.8 Å². The second-order valence-electron chi connectivity index (χ2n) is 7.43. The number of hydrogen-bond acceptors (Lipinski definition) is 4. The summed E-state index contributed by atoms with van der Waals surface area (Å²) >= 11 is 0. The van der Waals surface area contributed by atoms with Crippen LogP contribution in [0.25, 0.3) is 0 Å². The Labute approximate surface area is 166 Å². The maximum Gasteiger partial charge on any atom is 0.328 e. The Balaban J connectivity index is 1.76. The van der Waals surface area contributed by atoms with E-state index in [-0.39, 0.29) is 5.91 Å². The molecule has 0 spiro atoms. The zero-order valence-electron chi connectivity index (χ0n) is 16.6. The number of carbonyl (C=O) groups excluding carboxylic acids is 2. The minimum Gasteiger partial charge on any atom is -0.467 e. The van der Waals surface area contributed by atoms with E-state index in [1.807, 2.05) is 36.4 Å². The largest absolute Gasteiger partial charge is 0.467 e. The quantitative estimate of drug-likeness (QED) is 0.783. The standard InChI is InChI=1S/C23H28N2O3/c1-18(21(26)28-2)24-22(27)23(20-11-7-4-8-12-20)13-15-25(16-14-23)17-19-9-5-3-6-10-19/h3-12,18H,13-17H2,1-2H3,(H,24,27). The zero-order chi connectivity index (χ0) is 20.0. The first-order valence-corrected chi connectivity index (χ1v) is 9.76. The molecule has 0 radical (unpaired) electrons. The molecule has 28 heavy (non-hydrogen) atoms. The summed E-state index contributed by atoms with van der Waals surface area (Å²) in [6, 6.07) is 19.6. The first-order chi connectivity index (χ1) is 13.5. The molecule has 1 N–H and O–H groups in total. The topological polar surface area (TPSA) is 58.6 Å². The number of piperidine rings is 1. The van der Waals surface area contributed by atoms with E-state index >= 15 is 0 Å². The Morgan fingerprint density at radius 3 is 2.18 bits per heavy atom. The van der Waals surface area contributed by atoms with Gasteiger partial charge in [0, 0.05) is 6.54 Å². The monoisotopic (exact) mass is 380 g/mol. The van der Waals surface area contributed by atoms with E-state index in [0.717, 1.165) is 25.2 Å². The Morgan fingerprint density at radius 1 is 1.04 bits per heavy atom. The molecule has 0 saturated carbocycles. The van der Waals surface area contributed by atoms with Crippen molar-refractivity contribution in [2.24, 2.45) is 0 Å². The van der Waals surface area contributed by atoms with E-state index in [1.54, 1.807) is 6.92 Å². The molecule has 5 heteroatoms. The summed E-state index contributed by atoms with van der Waals surface area (Å²) in [5.74, 6) is -0.533. The minimum absolute atomic E-state index is 0.101. The summed E-state index contributed by atoms with van der Waals surface area (Å²) < 4.78 is 4.76. The van der Waals surface area contributed by atoms with E-state index in [9.17, 15) is 9.59 Å². The molecule has 1 aliphatic rings. The van der Waals surface area contributed by atoms with Crippen LogP contribution in [0.2, 0.25) is 0 Å². The number of hydrogen-bond donors (Lipinski definition) is 1. The lowest BCUT2D eigenvalue weighted by Crippen LogP contribution is -2.54. The van der Waals surface area contributed by atoms with Crippen molar-refractivity contribution in [1.29, 1.82) is 0 Å². The summed E-state index contributed by atoms with van der Waals surface area (Å²) in [6.45, 7) is 4.19. The van der Waals surface area contributed by atoms with Gasteiger partial charge in [-0.15, -0.1) is 0 Å². The van der Waals surface area contributed by atoms with Gasteiger partial charge >= 0.3 is 5.97 Å². The third kappa shape index (κ3) is 4.42. The molecule has 1 atom stereocenters. The normalized spacial score (nSPS) is 17.5. The summed E-state index contributed by atoms with van der Waals surface area (Å²) in [5.41, 5.74) is 1.65. The van der Waals surface area contributed by atoms with E-state index in [2.05, 4.69) is 34.5 Å². The van der Waals surface area contributed by atoms with Crippen molar-refractivity contribution in [2.45, 2.75) is 37.8 Å². The Morgan fingerprint density at radius 2 is 1.61 bits per heavy atom. The van der Waals surface area contributed by atoms with Crippen LogP contribution in [0.3, 0.4) is 0 Å². The number of ether oxygens (including phenoxy) is 1. The number of benzene rings is 2. The predicted molar refractivity (Wildman–Crippen MR) is 109 cm³/mol. The molecule has 0 aromatic heterocycles. The van der Waals surface area contributed by atoms with E-state index in [1.165, 1.54) is 12.7 Å². The van der Waals surface area contributed by atoms with Gasteiger partial charge in [-0.05, 0) is 44.0 Å². The van der Waals surface area contributed by atoms with Crippen LogP contribution in [0.1, 0.15) is 30.9 Å². The molecule has 1 saturated heterocycles. The summed E-state index contributed by atoms with van der Waals surface area (Å²) in [4.78, 5) is 27.4. The first-order valence-electron chi connectivity index (χ1n) is 9.76. The lowest BCUT2D eigenvalue weighted by molar-refractivity contribution is -0.145. The molecule has 1 aliphatic heterocycles. The number of likely N-dealkylation sites (tertiary alicyclic amines) is 1. The van der Waals surface area contributed by atoms with Crippen molar-refractivity contribution in [3.05, 3.63) is 71.8 Å². The molecule has 148 valence electrons. The van der Waals surface area contributed by atoms with Gasteiger partial charge in [0.2, 0.25) is 5.91 Å². The van der Waals surface area contributed by atoms with Crippen molar-refractivity contribution >= 4 is 11.9 Å². The molecule has 2 aromatic carbocycles. The SMILES string of the molecule is COC(=O)C(C)NC(=O)C1(c2ccccc2)CCN(Cc2ccccc2)CC1. The lowest BCUT2D eigenvalue weighted by atomic mass is 9.71. The summed E-state index contributed by atoms with van der Waals surface area (Å²) in [6.07, 6.45) is 1.42. The molecule has 0 aliphatic carbocycles. The molecule has 1 fully saturated rings. The Bertz CT molecular complexity index is 784. The van der Waals surface area contributed by atoms with Crippen LogP contribution >= 0.6 is 0 Å². The maximum absolute atomic E-state index is 13.3. The highest BCUT2D eigenvalue weighted by Crippen LogP contribution is 2.36. The average molecular weight is 380 g/mol. The van der Waals surface area contributed by atoms with Gasteiger partial charge < -0.3 is 10.1 Å². The van der Waals surface area contributed by atoms with Crippen molar-refractivity contribution in [1.82, 2.24) is 10.2 Å². The van der Waals surface area contributed by atoms with Gasteiger partial charge in [-0.2, -0.15) is 0 Å². The minimum atomic E-state index is -0.666. The number of esters is 1. The summed E-state index contributed by atoms with van der Waals surface area (Å²) in [5, 5.41) is 2.87.